The molecule has 0 fully saturated rings. The zero-order chi connectivity index (χ0) is 20.0. The summed E-state index contributed by atoms with van der Waals surface area (Å²) in [5.41, 5.74) is 3.43. The van der Waals surface area contributed by atoms with E-state index in [4.69, 9.17) is 4.74 Å². The Morgan fingerprint density at radius 1 is 0.966 bits per heavy atom. The van der Waals surface area contributed by atoms with Gasteiger partial charge in [-0.1, -0.05) is 6.07 Å². The van der Waals surface area contributed by atoms with Crippen molar-refractivity contribution in [1.29, 1.82) is 0 Å². The monoisotopic (exact) mass is 405 g/mol. The van der Waals surface area contributed by atoms with Crippen LogP contribution in [0.25, 0.3) is 22.0 Å². The molecule has 0 spiro atoms. The summed E-state index contributed by atoms with van der Waals surface area (Å²) in [6, 6.07) is 16.6. The highest BCUT2D eigenvalue weighted by molar-refractivity contribution is 7.92. The molecule has 1 aliphatic heterocycles. The maximum Gasteiger partial charge on any atom is 0.264 e. The Morgan fingerprint density at radius 3 is 2.62 bits per heavy atom. The van der Waals surface area contributed by atoms with Crippen molar-refractivity contribution >= 4 is 26.6 Å². The van der Waals surface area contributed by atoms with Crippen LogP contribution in [-0.4, -0.2) is 31.1 Å². The van der Waals surface area contributed by atoms with E-state index in [0.29, 0.717) is 18.0 Å². The molecule has 0 aliphatic carbocycles. The van der Waals surface area contributed by atoms with E-state index in [9.17, 15) is 8.42 Å². The lowest BCUT2D eigenvalue weighted by Crippen LogP contribution is -2.37. The number of aryl methyl sites for hydroxylation is 1. The predicted octanol–water partition coefficient (Wildman–Crippen LogP) is 3.83. The highest BCUT2D eigenvalue weighted by Gasteiger charge is 2.30. The van der Waals surface area contributed by atoms with Gasteiger partial charge in [-0.2, -0.15) is 0 Å². The lowest BCUT2D eigenvalue weighted by atomic mass is 10.1. The molecule has 7 heteroatoms. The first-order chi connectivity index (χ1) is 14.0. The second-order valence-electron chi connectivity index (χ2n) is 6.99. The molecule has 4 aromatic rings. The first-order valence-corrected chi connectivity index (χ1v) is 10.7. The lowest BCUT2D eigenvalue weighted by molar-refractivity contribution is 0.316. The number of hydrogen-bond acceptors (Lipinski definition) is 4. The van der Waals surface area contributed by atoms with Crippen molar-refractivity contribution in [1.82, 2.24) is 9.55 Å². The van der Waals surface area contributed by atoms with Crippen LogP contribution in [0.3, 0.4) is 0 Å². The van der Waals surface area contributed by atoms with E-state index >= 15 is 0 Å². The summed E-state index contributed by atoms with van der Waals surface area (Å²) < 4.78 is 36.1. The summed E-state index contributed by atoms with van der Waals surface area (Å²) in [6.07, 6.45) is 5.36. The summed E-state index contributed by atoms with van der Waals surface area (Å²) in [5, 5.41) is 0.896. The van der Waals surface area contributed by atoms with Crippen LogP contribution in [0, 0.1) is 0 Å². The molecule has 29 heavy (non-hydrogen) atoms. The Labute approximate surface area is 169 Å². The number of benzene rings is 2. The van der Waals surface area contributed by atoms with Gasteiger partial charge in [0.15, 0.2) is 0 Å². The van der Waals surface area contributed by atoms with Gasteiger partial charge in [0.25, 0.3) is 10.0 Å². The van der Waals surface area contributed by atoms with Crippen molar-refractivity contribution in [2.45, 2.75) is 4.90 Å². The van der Waals surface area contributed by atoms with Gasteiger partial charge in [-0.3, -0.25) is 9.29 Å². The molecule has 0 atom stereocenters. The summed E-state index contributed by atoms with van der Waals surface area (Å²) in [5.74, 6) is 0.568. The Hall–Kier alpha value is -3.32. The minimum absolute atomic E-state index is 0.266. The minimum atomic E-state index is -3.72. The summed E-state index contributed by atoms with van der Waals surface area (Å²) >= 11 is 0. The molecule has 0 saturated carbocycles. The van der Waals surface area contributed by atoms with Gasteiger partial charge in [-0.15, -0.1) is 0 Å². The number of rotatable bonds is 3. The van der Waals surface area contributed by atoms with Crippen LogP contribution in [0.2, 0.25) is 0 Å². The predicted molar refractivity (Wildman–Crippen MR) is 113 cm³/mol. The Bertz CT molecular complexity index is 1310. The fourth-order valence-electron chi connectivity index (χ4n) is 3.71. The minimum Gasteiger partial charge on any atom is -0.489 e. The fraction of sp³-hybridized carbons (Fsp3) is 0.136. The first kappa shape index (κ1) is 17.8. The molecule has 146 valence electrons. The third-order valence-electron chi connectivity index (χ3n) is 5.24. The van der Waals surface area contributed by atoms with Crippen LogP contribution in [0.4, 0.5) is 5.69 Å². The molecule has 0 radical (unpaired) electrons. The molecule has 2 aromatic carbocycles. The number of fused-ring (bicyclic) bond motifs is 2. The fourth-order valence-corrected chi connectivity index (χ4v) is 5.20. The normalized spacial score (nSPS) is 13.9. The van der Waals surface area contributed by atoms with Crippen LogP contribution < -0.4 is 9.04 Å². The van der Waals surface area contributed by atoms with Crippen LogP contribution in [-0.2, 0) is 17.1 Å². The van der Waals surface area contributed by atoms with Crippen LogP contribution in [0.5, 0.6) is 5.75 Å². The number of pyridine rings is 1. The van der Waals surface area contributed by atoms with Crippen molar-refractivity contribution in [2.24, 2.45) is 7.05 Å². The Balaban J connectivity index is 1.61. The molecular weight excluding hydrogens is 386 g/mol. The Kier molecular flexibility index (Phi) is 4.06. The first-order valence-electron chi connectivity index (χ1n) is 9.29. The number of aromatic nitrogens is 2. The molecule has 6 nitrogen and oxygen atoms in total. The van der Waals surface area contributed by atoms with Crippen molar-refractivity contribution in [3.63, 3.8) is 0 Å². The topological polar surface area (TPSA) is 64.4 Å². The highest BCUT2D eigenvalue weighted by Crippen LogP contribution is 2.38. The van der Waals surface area contributed by atoms with Gasteiger partial charge in [0.1, 0.15) is 12.4 Å². The van der Waals surface area contributed by atoms with E-state index in [1.54, 1.807) is 24.5 Å². The second-order valence-corrected chi connectivity index (χ2v) is 8.85. The SMILES string of the molecule is Cn1ccc2cc(S(=O)(=O)N3CCOc4ccc(-c5ccncc5)cc43)ccc21. The van der Waals surface area contributed by atoms with E-state index in [-0.39, 0.29) is 11.4 Å². The van der Waals surface area contributed by atoms with Gasteiger partial charge in [0.05, 0.1) is 17.1 Å². The number of ether oxygens (including phenoxy) is 1. The Morgan fingerprint density at radius 2 is 1.79 bits per heavy atom. The van der Waals surface area contributed by atoms with Gasteiger partial charge in [0.2, 0.25) is 0 Å². The molecule has 0 amide bonds. The van der Waals surface area contributed by atoms with Gasteiger partial charge < -0.3 is 9.30 Å². The third-order valence-corrected chi connectivity index (χ3v) is 7.05. The molecule has 0 saturated heterocycles. The molecule has 3 heterocycles. The molecule has 5 rings (SSSR count). The van der Waals surface area contributed by atoms with E-state index < -0.39 is 10.0 Å². The molecule has 2 aromatic heterocycles. The maximum atomic E-state index is 13.5. The second kappa shape index (κ2) is 6.63. The third kappa shape index (κ3) is 2.94. The number of nitrogens with zero attached hydrogens (tertiary/aromatic N) is 3. The van der Waals surface area contributed by atoms with E-state index in [2.05, 4.69) is 4.98 Å². The lowest BCUT2D eigenvalue weighted by Gasteiger charge is -2.31. The number of hydrogen-bond donors (Lipinski definition) is 0. The van der Waals surface area contributed by atoms with Gasteiger partial charge in [-0.25, -0.2) is 8.42 Å². The molecular formula is C22H19N3O3S. The molecule has 0 unspecified atom stereocenters. The van der Waals surface area contributed by atoms with Gasteiger partial charge in [-0.05, 0) is 59.7 Å². The zero-order valence-corrected chi connectivity index (χ0v) is 16.6. The van der Waals surface area contributed by atoms with Gasteiger partial charge >= 0.3 is 0 Å². The number of sulfonamides is 1. The quantitative estimate of drug-likeness (QED) is 0.520. The van der Waals surface area contributed by atoms with E-state index in [1.807, 2.05) is 60.3 Å². The van der Waals surface area contributed by atoms with Crippen molar-refractivity contribution < 1.29 is 13.2 Å². The van der Waals surface area contributed by atoms with Crippen LogP contribution >= 0.6 is 0 Å². The average molecular weight is 405 g/mol. The van der Waals surface area contributed by atoms with Crippen molar-refractivity contribution in [3.8, 4) is 16.9 Å². The summed E-state index contributed by atoms with van der Waals surface area (Å²) in [7, 11) is -1.79. The molecule has 1 aliphatic rings. The zero-order valence-electron chi connectivity index (χ0n) is 15.8. The van der Waals surface area contributed by atoms with Crippen LogP contribution in [0.15, 0.2) is 78.1 Å². The van der Waals surface area contributed by atoms with E-state index in [1.165, 1.54) is 4.31 Å². The summed E-state index contributed by atoms with van der Waals surface area (Å²) in [4.78, 5) is 4.32. The number of anilines is 1. The smallest absolute Gasteiger partial charge is 0.264 e. The van der Waals surface area contributed by atoms with E-state index in [0.717, 1.165) is 22.0 Å². The maximum absolute atomic E-state index is 13.5. The highest BCUT2D eigenvalue weighted by atomic mass is 32.2. The summed E-state index contributed by atoms with van der Waals surface area (Å²) in [6.45, 7) is 0.580. The van der Waals surface area contributed by atoms with Crippen LogP contribution in [0.1, 0.15) is 0 Å². The standard InChI is InChI=1S/C22H19N3O3S/c1-24-11-8-18-14-19(3-4-20(18)24)29(26,27)25-12-13-28-22-5-2-17(15-21(22)25)16-6-9-23-10-7-16/h2-11,14-15H,12-13H2,1H3. The van der Waals surface area contributed by atoms with Gasteiger partial charge in [0, 0.05) is 36.5 Å². The molecule has 0 N–H and O–H groups in total. The average Bonchev–Trinajstić information content (AvgIpc) is 3.13. The molecule has 0 bridgehead atoms. The van der Waals surface area contributed by atoms with Crippen molar-refractivity contribution in [3.05, 3.63) is 73.2 Å². The largest absolute Gasteiger partial charge is 0.489 e. The van der Waals surface area contributed by atoms with Crippen molar-refractivity contribution in [2.75, 3.05) is 17.5 Å².